The van der Waals surface area contributed by atoms with Crippen LogP contribution in [0.15, 0.2) is 48.7 Å². The standard InChI is InChI=1S/C18H15N3O4/c1-25-16-7-3-6-15(22)17(16)18-13(11-19-20-18)9-8-12-4-2-5-14(10-12)21(23)24/h2-11,22H,1H3,(H,19,20)/b9-8-. The lowest BCUT2D eigenvalue weighted by molar-refractivity contribution is -0.384. The average molecular weight is 337 g/mol. The molecule has 7 heteroatoms. The number of ether oxygens (including phenoxy) is 1. The molecule has 0 radical (unpaired) electrons. The zero-order valence-electron chi connectivity index (χ0n) is 13.3. The van der Waals surface area contributed by atoms with E-state index in [0.29, 0.717) is 28.1 Å². The Hall–Kier alpha value is -3.61. The van der Waals surface area contributed by atoms with Crippen LogP contribution >= 0.6 is 0 Å². The molecule has 1 aromatic heterocycles. The van der Waals surface area contributed by atoms with Crippen molar-refractivity contribution in [2.24, 2.45) is 0 Å². The largest absolute Gasteiger partial charge is 0.507 e. The van der Waals surface area contributed by atoms with Crippen molar-refractivity contribution in [1.29, 1.82) is 0 Å². The molecule has 0 aliphatic rings. The third kappa shape index (κ3) is 3.35. The Kier molecular flexibility index (Phi) is 4.47. The van der Waals surface area contributed by atoms with E-state index in [2.05, 4.69) is 10.2 Å². The highest BCUT2D eigenvalue weighted by molar-refractivity contribution is 5.83. The maximum Gasteiger partial charge on any atom is 0.270 e. The number of benzene rings is 2. The first-order valence-electron chi connectivity index (χ1n) is 7.42. The molecule has 2 aromatic carbocycles. The molecule has 0 amide bonds. The Labute approximate surface area is 143 Å². The first-order chi connectivity index (χ1) is 12.1. The van der Waals surface area contributed by atoms with E-state index in [1.807, 2.05) is 0 Å². The number of H-pyrrole nitrogens is 1. The van der Waals surface area contributed by atoms with Gasteiger partial charge in [0.1, 0.15) is 11.5 Å². The molecule has 0 aliphatic carbocycles. The average Bonchev–Trinajstić information content (AvgIpc) is 3.08. The fourth-order valence-corrected chi connectivity index (χ4v) is 2.49. The molecule has 0 saturated heterocycles. The molecule has 3 rings (SSSR count). The summed E-state index contributed by atoms with van der Waals surface area (Å²) in [5.41, 5.74) is 2.52. The summed E-state index contributed by atoms with van der Waals surface area (Å²) in [7, 11) is 1.52. The number of methoxy groups -OCH3 is 1. The van der Waals surface area contributed by atoms with Crippen LogP contribution in [0.25, 0.3) is 23.4 Å². The molecule has 2 N–H and O–H groups in total. The number of rotatable bonds is 5. The SMILES string of the molecule is COc1cccc(O)c1-c1[nH]ncc1/C=C\c1cccc([N+](=O)[O-])c1. The number of aromatic nitrogens is 2. The fourth-order valence-electron chi connectivity index (χ4n) is 2.49. The van der Waals surface area contributed by atoms with Crippen molar-refractivity contribution in [2.45, 2.75) is 0 Å². The van der Waals surface area contributed by atoms with E-state index in [-0.39, 0.29) is 11.4 Å². The Morgan fingerprint density at radius 1 is 1.24 bits per heavy atom. The lowest BCUT2D eigenvalue weighted by atomic mass is 10.0. The van der Waals surface area contributed by atoms with Gasteiger partial charge in [-0.1, -0.05) is 30.4 Å². The summed E-state index contributed by atoms with van der Waals surface area (Å²) in [6.07, 6.45) is 5.12. The molecular weight excluding hydrogens is 322 g/mol. The van der Waals surface area contributed by atoms with E-state index in [1.165, 1.54) is 19.2 Å². The van der Waals surface area contributed by atoms with Crippen LogP contribution in [0.5, 0.6) is 11.5 Å². The van der Waals surface area contributed by atoms with E-state index < -0.39 is 4.92 Å². The van der Waals surface area contributed by atoms with Gasteiger partial charge in [-0.3, -0.25) is 15.2 Å². The van der Waals surface area contributed by atoms with E-state index in [1.54, 1.807) is 48.7 Å². The van der Waals surface area contributed by atoms with Gasteiger partial charge < -0.3 is 9.84 Å². The minimum atomic E-state index is -0.437. The van der Waals surface area contributed by atoms with E-state index >= 15 is 0 Å². The van der Waals surface area contributed by atoms with Crippen molar-refractivity contribution in [3.05, 3.63) is 69.9 Å². The predicted octanol–water partition coefficient (Wildman–Crippen LogP) is 3.87. The second-order valence-corrected chi connectivity index (χ2v) is 5.24. The lowest BCUT2D eigenvalue weighted by Crippen LogP contribution is -1.90. The van der Waals surface area contributed by atoms with Crippen molar-refractivity contribution in [2.75, 3.05) is 7.11 Å². The molecule has 0 aliphatic heterocycles. The minimum Gasteiger partial charge on any atom is -0.507 e. The number of aromatic hydroxyl groups is 1. The molecular formula is C18H15N3O4. The predicted molar refractivity (Wildman–Crippen MR) is 94.3 cm³/mol. The van der Waals surface area contributed by atoms with Gasteiger partial charge in [-0.25, -0.2) is 0 Å². The Morgan fingerprint density at radius 3 is 2.80 bits per heavy atom. The van der Waals surface area contributed by atoms with Crippen molar-refractivity contribution < 1.29 is 14.8 Å². The Balaban J connectivity index is 1.98. The number of non-ortho nitro benzene ring substituents is 1. The van der Waals surface area contributed by atoms with Crippen LogP contribution in [-0.4, -0.2) is 27.3 Å². The third-order valence-electron chi connectivity index (χ3n) is 3.68. The molecule has 0 saturated carbocycles. The summed E-state index contributed by atoms with van der Waals surface area (Å²) in [4.78, 5) is 10.4. The highest BCUT2D eigenvalue weighted by Gasteiger charge is 2.15. The van der Waals surface area contributed by atoms with Gasteiger partial charge in [-0.05, 0) is 17.7 Å². The number of aromatic amines is 1. The molecule has 0 atom stereocenters. The molecule has 0 unspecified atom stereocenters. The number of hydrogen-bond donors (Lipinski definition) is 2. The smallest absolute Gasteiger partial charge is 0.270 e. The molecule has 1 heterocycles. The molecule has 126 valence electrons. The van der Waals surface area contributed by atoms with Gasteiger partial charge in [0.05, 0.1) is 29.5 Å². The van der Waals surface area contributed by atoms with E-state index in [0.717, 1.165) is 0 Å². The van der Waals surface area contributed by atoms with Gasteiger partial charge in [0, 0.05) is 17.7 Å². The molecule has 0 spiro atoms. The molecule has 3 aromatic rings. The maximum absolute atomic E-state index is 10.9. The highest BCUT2D eigenvalue weighted by atomic mass is 16.6. The van der Waals surface area contributed by atoms with Crippen LogP contribution < -0.4 is 4.74 Å². The Bertz CT molecular complexity index is 947. The number of nitro groups is 1. The van der Waals surface area contributed by atoms with Crippen LogP contribution in [0.4, 0.5) is 5.69 Å². The van der Waals surface area contributed by atoms with Gasteiger partial charge >= 0.3 is 0 Å². The first kappa shape index (κ1) is 16.3. The molecule has 25 heavy (non-hydrogen) atoms. The summed E-state index contributed by atoms with van der Waals surface area (Å²) < 4.78 is 5.30. The topological polar surface area (TPSA) is 101 Å². The zero-order chi connectivity index (χ0) is 17.8. The van der Waals surface area contributed by atoms with Crippen molar-refractivity contribution in [1.82, 2.24) is 10.2 Å². The summed E-state index contributed by atoms with van der Waals surface area (Å²) in [6.45, 7) is 0. The summed E-state index contributed by atoms with van der Waals surface area (Å²) in [5.74, 6) is 0.572. The zero-order valence-corrected chi connectivity index (χ0v) is 13.3. The third-order valence-corrected chi connectivity index (χ3v) is 3.68. The van der Waals surface area contributed by atoms with Crippen molar-refractivity contribution in [3.63, 3.8) is 0 Å². The highest BCUT2D eigenvalue weighted by Crippen LogP contribution is 2.38. The van der Waals surface area contributed by atoms with Crippen LogP contribution in [0.2, 0.25) is 0 Å². The Morgan fingerprint density at radius 2 is 2.04 bits per heavy atom. The summed E-state index contributed by atoms with van der Waals surface area (Å²) in [6, 6.07) is 11.3. The number of nitrogens with zero attached hydrogens (tertiary/aromatic N) is 2. The monoisotopic (exact) mass is 337 g/mol. The number of phenols is 1. The van der Waals surface area contributed by atoms with Crippen LogP contribution in [0.1, 0.15) is 11.1 Å². The van der Waals surface area contributed by atoms with E-state index in [9.17, 15) is 15.2 Å². The minimum absolute atomic E-state index is 0.0249. The number of nitro benzene ring substituents is 1. The maximum atomic E-state index is 10.9. The normalized spacial score (nSPS) is 10.9. The first-order valence-corrected chi connectivity index (χ1v) is 7.42. The molecule has 0 fully saturated rings. The summed E-state index contributed by atoms with van der Waals surface area (Å²) in [5, 5.41) is 27.9. The number of hydrogen-bond acceptors (Lipinski definition) is 5. The molecule has 7 nitrogen and oxygen atoms in total. The number of phenolic OH excluding ortho intramolecular Hbond substituents is 1. The van der Waals surface area contributed by atoms with Gasteiger partial charge in [-0.2, -0.15) is 5.10 Å². The summed E-state index contributed by atoms with van der Waals surface area (Å²) >= 11 is 0. The van der Waals surface area contributed by atoms with Crippen LogP contribution in [-0.2, 0) is 0 Å². The van der Waals surface area contributed by atoms with Crippen LogP contribution in [0, 0.1) is 10.1 Å². The van der Waals surface area contributed by atoms with Gasteiger partial charge in [0.2, 0.25) is 0 Å². The van der Waals surface area contributed by atoms with Crippen molar-refractivity contribution in [3.8, 4) is 22.8 Å². The van der Waals surface area contributed by atoms with Crippen LogP contribution in [0.3, 0.4) is 0 Å². The number of nitrogens with one attached hydrogen (secondary N) is 1. The fraction of sp³-hybridized carbons (Fsp3) is 0.0556. The lowest BCUT2D eigenvalue weighted by Gasteiger charge is -2.09. The molecule has 0 bridgehead atoms. The quantitative estimate of drug-likeness (QED) is 0.543. The second kappa shape index (κ2) is 6.88. The van der Waals surface area contributed by atoms with Gasteiger partial charge in [-0.15, -0.1) is 0 Å². The van der Waals surface area contributed by atoms with Crippen molar-refractivity contribution >= 4 is 17.8 Å². The van der Waals surface area contributed by atoms with Gasteiger partial charge in [0.15, 0.2) is 0 Å². The van der Waals surface area contributed by atoms with E-state index in [4.69, 9.17) is 4.74 Å². The van der Waals surface area contributed by atoms with Gasteiger partial charge in [0.25, 0.3) is 5.69 Å². The second-order valence-electron chi connectivity index (χ2n) is 5.24.